The van der Waals surface area contributed by atoms with Gasteiger partial charge in [-0.2, -0.15) is 0 Å². The minimum absolute atomic E-state index is 1.09. The Kier molecular flexibility index (Phi) is 11.6. The largest absolute Gasteiger partial charge is 0.0985 e. The van der Waals surface area contributed by atoms with E-state index in [1.807, 2.05) is 30.4 Å². The van der Waals surface area contributed by atoms with E-state index in [1.54, 1.807) is 0 Å². The molecule has 3 aromatic rings. The summed E-state index contributed by atoms with van der Waals surface area (Å²) in [5.74, 6) is 0. The van der Waals surface area contributed by atoms with Gasteiger partial charge in [0.1, 0.15) is 0 Å². The van der Waals surface area contributed by atoms with Crippen molar-refractivity contribution in [3.8, 4) is 0 Å². The molecule has 0 aliphatic carbocycles. The van der Waals surface area contributed by atoms with Gasteiger partial charge >= 0.3 is 0 Å². The molecular weight excluding hydrogens is 360 g/mol. The van der Waals surface area contributed by atoms with E-state index in [0.29, 0.717) is 0 Å². The zero-order valence-corrected chi connectivity index (χ0v) is 19.3. The van der Waals surface area contributed by atoms with E-state index in [9.17, 15) is 0 Å². The predicted molar refractivity (Wildman–Crippen MR) is 138 cm³/mol. The quantitative estimate of drug-likeness (QED) is 0.413. The van der Waals surface area contributed by atoms with Gasteiger partial charge in [-0.05, 0) is 67.5 Å². The van der Waals surface area contributed by atoms with Crippen molar-refractivity contribution in [3.05, 3.63) is 125 Å². The van der Waals surface area contributed by atoms with E-state index in [4.69, 9.17) is 0 Å². The summed E-state index contributed by atoms with van der Waals surface area (Å²) in [5.41, 5.74) is 9.10. The smallest absolute Gasteiger partial charge is 0.0230 e. The van der Waals surface area contributed by atoms with Crippen LogP contribution in [0.25, 0.3) is 17.7 Å². The summed E-state index contributed by atoms with van der Waals surface area (Å²) in [5, 5.41) is 0. The molecule has 0 N–H and O–H groups in total. The van der Waals surface area contributed by atoms with Gasteiger partial charge in [-0.25, -0.2) is 0 Å². The minimum atomic E-state index is 1.09. The Labute approximate surface area is 184 Å². The van der Waals surface area contributed by atoms with Crippen molar-refractivity contribution in [1.29, 1.82) is 0 Å². The summed E-state index contributed by atoms with van der Waals surface area (Å²) in [4.78, 5) is 0. The Morgan fingerprint density at radius 2 is 1.30 bits per heavy atom. The van der Waals surface area contributed by atoms with Gasteiger partial charge in [0.2, 0.25) is 0 Å². The molecule has 0 amide bonds. The van der Waals surface area contributed by atoms with Crippen LogP contribution in [0.2, 0.25) is 0 Å². The monoisotopic (exact) mass is 396 g/mol. The molecular formula is C30H36. The molecule has 0 aliphatic heterocycles. The molecule has 3 aromatic carbocycles. The van der Waals surface area contributed by atoms with Crippen LogP contribution in [0, 0.1) is 13.8 Å². The Morgan fingerprint density at radius 1 is 0.767 bits per heavy atom. The molecule has 0 spiro atoms. The zero-order valence-electron chi connectivity index (χ0n) is 19.3. The second-order valence-corrected chi connectivity index (χ2v) is 7.15. The van der Waals surface area contributed by atoms with E-state index in [-0.39, 0.29) is 0 Å². The summed E-state index contributed by atoms with van der Waals surface area (Å²) < 4.78 is 0. The van der Waals surface area contributed by atoms with E-state index in [2.05, 4.69) is 108 Å². The summed E-state index contributed by atoms with van der Waals surface area (Å²) in [6.07, 6.45) is 6.99. The van der Waals surface area contributed by atoms with Gasteiger partial charge in [0, 0.05) is 0 Å². The second-order valence-electron chi connectivity index (χ2n) is 7.15. The average Bonchev–Trinajstić information content (AvgIpc) is 2.80. The summed E-state index contributed by atoms with van der Waals surface area (Å²) >= 11 is 0. The second kappa shape index (κ2) is 14.0. The predicted octanol–water partition coefficient (Wildman–Crippen LogP) is 8.95. The van der Waals surface area contributed by atoms with Gasteiger partial charge in [-0.1, -0.05) is 117 Å². The summed E-state index contributed by atoms with van der Waals surface area (Å²) in [6.45, 7) is 18.0. The van der Waals surface area contributed by atoms with E-state index < -0.39 is 0 Å². The average molecular weight is 397 g/mol. The Bertz CT molecular complexity index is 940. The van der Waals surface area contributed by atoms with Crippen molar-refractivity contribution in [2.24, 2.45) is 0 Å². The van der Waals surface area contributed by atoms with Gasteiger partial charge in [-0.3, -0.25) is 0 Å². The number of benzene rings is 3. The highest BCUT2D eigenvalue weighted by Gasteiger charge is 1.92. The first-order chi connectivity index (χ1) is 14.5. The number of aryl methyl sites for hydroxylation is 3. The molecule has 0 atom stereocenters. The maximum atomic E-state index is 3.74. The van der Waals surface area contributed by atoms with Crippen molar-refractivity contribution in [3.63, 3.8) is 0 Å². The van der Waals surface area contributed by atoms with E-state index >= 15 is 0 Å². The van der Waals surface area contributed by atoms with Crippen LogP contribution in [-0.4, -0.2) is 0 Å². The number of allylic oxidation sites excluding steroid dienone is 2. The molecule has 30 heavy (non-hydrogen) atoms. The van der Waals surface area contributed by atoms with Crippen LogP contribution in [0.3, 0.4) is 0 Å². The Balaban J connectivity index is 0.000000226. The zero-order chi connectivity index (χ0) is 22.4. The van der Waals surface area contributed by atoms with Crippen molar-refractivity contribution < 1.29 is 0 Å². The molecule has 156 valence electrons. The fraction of sp³-hybridized carbons (Fsp3) is 0.200. The molecule has 3 rings (SSSR count). The minimum Gasteiger partial charge on any atom is -0.0985 e. The fourth-order valence-electron chi connectivity index (χ4n) is 2.85. The molecule has 0 fully saturated rings. The first-order valence-corrected chi connectivity index (χ1v) is 10.5. The van der Waals surface area contributed by atoms with Crippen LogP contribution in [0.1, 0.15) is 54.2 Å². The van der Waals surface area contributed by atoms with Gasteiger partial charge in [0.25, 0.3) is 0 Å². The van der Waals surface area contributed by atoms with Crippen LogP contribution in [0.5, 0.6) is 0 Å². The lowest BCUT2D eigenvalue weighted by molar-refractivity contribution is 1.13. The highest BCUT2D eigenvalue weighted by molar-refractivity contribution is 5.63. The lowest BCUT2D eigenvalue weighted by atomic mass is 10.1. The first-order valence-electron chi connectivity index (χ1n) is 10.5. The number of rotatable bonds is 4. The molecule has 0 heteroatoms. The fourth-order valence-corrected chi connectivity index (χ4v) is 2.85. The van der Waals surface area contributed by atoms with Gasteiger partial charge < -0.3 is 0 Å². The molecule has 0 aliphatic rings. The SMILES string of the molecule is C=Cc1ccccc1C.C=Cc1ccccc1CC.CC=C(C)c1ccc(C)cc1. The third-order valence-corrected chi connectivity index (χ3v) is 5.00. The van der Waals surface area contributed by atoms with Crippen LogP contribution in [0.4, 0.5) is 0 Å². The highest BCUT2D eigenvalue weighted by Crippen LogP contribution is 2.13. The molecule has 0 nitrogen and oxygen atoms in total. The van der Waals surface area contributed by atoms with Crippen LogP contribution in [0.15, 0.2) is 92.0 Å². The van der Waals surface area contributed by atoms with Crippen LogP contribution >= 0.6 is 0 Å². The van der Waals surface area contributed by atoms with Gasteiger partial charge in [0.15, 0.2) is 0 Å². The molecule has 0 saturated heterocycles. The third-order valence-electron chi connectivity index (χ3n) is 5.00. The molecule has 0 radical (unpaired) electrons. The normalized spacial score (nSPS) is 10.1. The van der Waals surface area contributed by atoms with Crippen molar-refractivity contribution in [2.45, 2.75) is 41.0 Å². The van der Waals surface area contributed by atoms with Crippen LogP contribution in [-0.2, 0) is 6.42 Å². The Morgan fingerprint density at radius 3 is 1.73 bits per heavy atom. The van der Waals surface area contributed by atoms with E-state index in [1.165, 1.54) is 39.0 Å². The Hall–Kier alpha value is -3.12. The third kappa shape index (κ3) is 8.49. The van der Waals surface area contributed by atoms with Gasteiger partial charge in [0.05, 0.1) is 0 Å². The van der Waals surface area contributed by atoms with Crippen LogP contribution < -0.4 is 0 Å². The number of hydrogen-bond donors (Lipinski definition) is 0. The van der Waals surface area contributed by atoms with Crippen molar-refractivity contribution >= 4 is 17.7 Å². The van der Waals surface area contributed by atoms with Gasteiger partial charge in [-0.15, -0.1) is 0 Å². The number of hydrogen-bond acceptors (Lipinski definition) is 0. The topological polar surface area (TPSA) is 0 Å². The molecule has 0 aromatic heterocycles. The lowest BCUT2D eigenvalue weighted by Gasteiger charge is -1.99. The lowest BCUT2D eigenvalue weighted by Crippen LogP contribution is -1.83. The van der Waals surface area contributed by atoms with E-state index in [0.717, 1.165) is 6.42 Å². The highest BCUT2D eigenvalue weighted by atomic mass is 14.0. The molecule has 0 bridgehead atoms. The standard InChI is InChI=1S/C11H14.C10H12.C9H10/c1-4-10(3)11-7-5-9(2)6-8-11;1-3-9-7-5-6-8-10(9)4-2;1-3-9-7-5-4-6-8(9)2/h4-8H,1-3H3;3,5-8H,1,4H2,2H3;3-7H,1H2,2H3. The van der Waals surface area contributed by atoms with Crippen molar-refractivity contribution in [2.75, 3.05) is 0 Å². The van der Waals surface area contributed by atoms with Crippen molar-refractivity contribution in [1.82, 2.24) is 0 Å². The summed E-state index contributed by atoms with van der Waals surface area (Å²) in [6, 6.07) is 25.1. The maximum Gasteiger partial charge on any atom is -0.0230 e. The molecule has 0 heterocycles. The maximum absolute atomic E-state index is 3.74. The summed E-state index contributed by atoms with van der Waals surface area (Å²) in [7, 11) is 0. The molecule has 0 saturated carbocycles. The molecule has 0 unspecified atom stereocenters. The first kappa shape index (κ1) is 24.9.